The fourth-order valence-corrected chi connectivity index (χ4v) is 5.55. The summed E-state index contributed by atoms with van der Waals surface area (Å²) >= 11 is 0. The second kappa shape index (κ2) is 6.99. The molecule has 1 fully saturated rings. The molecule has 0 spiro atoms. The minimum absolute atomic E-state index is 0.0743. The van der Waals surface area contributed by atoms with Crippen molar-refractivity contribution in [2.24, 2.45) is 22.7 Å². The molecule has 3 atom stereocenters. The van der Waals surface area contributed by atoms with Gasteiger partial charge in [0.15, 0.2) is 0 Å². The van der Waals surface area contributed by atoms with Gasteiger partial charge in [-0.1, -0.05) is 45.3 Å². The van der Waals surface area contributed by atoms with Crippen molar-refractivity contribution in [1.29, 1.82) is 0 Å². The highest BCUT2D eigenvalue weighted by Crippen LogP contribution is 2.60. The van der Waals surface area contributed by atoms with Gasteiger partial charge in [0, 0.05) is 6.42 Å². The quantitative estimate of drug-likeness (QED) is 0.465. The number of methoxy groups -OCH3 is 1. The predicted octanol–water partition coefficient (Wildman–Crippen LogP) is 5.91. The normalized spacial score (nSPS) is 31.5. The van der Waals surface area contributed by atoms with Crippen LogP contribution in [0.25, 0.3) is 0 Å². The van der Waals surface area contributed by atoms with Gasteiger partial charge in [-0.2, -0.15) is 0 Å². The zero-order valence-corrected chi connectivity index (χ0v) is 16.1. The average molecular weight is 321 g/mol. The molecule has 0 N–H and O–H groups in total. The van der Waals surface area contributed by atoms with Crippen LogP contribution in [0.4, 0.5) is 0 Å². The van der Waals surface area contributed by atoms with Crippen LogP contribution in [0, 0.1) is 22.7 Å². The van der Waals surface area contributed by atoms with E-state index in [2.05, 4.69) is 34.6 Å². The van der Waals surface area contributed by atoms with Crippen molar-refractivity contribution in [3.05, 3.63) is 11.1 Å². The predicted molar refractivity (Wildman–Crippen MR) is 96.2 cm³/mol. The van der Waals surface area contributed by atoms with Gasteiger partial charge in [0.05, 0.1) is 7.11 Å². The molecule has 2 aliphatic rings. The summed E-state index contributed by atoms with van der Waals surface area (Å²) in [5, 5.41) is 0. The van der Waals surface area contributed by atoms with Crippen LogP contribution in [0.5, 0.6) is 0 Å². The molecule has 0 aromatic carbocycles. The Kier molecular flexibility index (Phi) is 5.63. The molecule has 0 aromatic rings. The van der Waals surface area contributed by atoms with E-state index in [1.807, 2.05) is 0 Å². The summed E-state index contributed by atoms with van der Waals surface area (Å²) < 4.78 is 4.82. The van der Waals surface area contributed by atoms with Gasteiger partial charge < -0.3 is 4.74 Å². The molecular formula is C21H36O2. The third kappa shape index (κ3) is 3.83. The first kappa shape index (κ1) is 18.5. The first-order valence-electron chi connectivity index (χ1n) is 9.46. The molecule has 2 rings (SSSR count). The van der Waals surface area contributed by atoms with Crippen LogP contribution < -0.4 is 0 Å². The fraction of sp³-hybridized carbons (Fsp3) is 0.857. The molecule has 2 heteroatoms. The van der Waals surface area contributed by atoms with Gasteiger partial charge in [0.2, 0.25) is 0 Å². The molecule has 1 saturated carbocycles. The Morgan fingerprint density at radius 2 is 2.00 bits per heavy atom. The van der Waals surface area contributed by atoms with Gasteiger partial charge in [-0.25, -0.2) is 0 Å². The monoisotopic (exact) mass is 320 g/mol. The lowest BCUT2D eigenvalue weighted by molar-refractivity contribution is -0.141. The molecule has 0 amide bonds. The number of carbonyl (C=O) groups excluding carboxylic acids is 1. The highest BCUT2D eigenvalue weighted by Gasteiger charge is 2.49. The van der Waals surface area contributed by atoms with Crippen molar-refractivity contribution in [2.45, 2.75) is 86.0 Å². The lowest BCUT2D eigenvalue weighted by atomic mass is 9.50. The molecular weight excluding hydrogens is 284 g/mol. The van der Waals surface area contributed by atoms with E-state index in [1.165, 1.54) is 39.2 Å². The van der Waals surface area contributed by atoms with Gasteiger partial charge in [0.25, 0.3) is 0 Å². The largest absolute Gasteiger partial charge is 0.469 e. The van der Waals surface area contributed by atoms with Gasteiger partial charge >= 0.3 is 5.97 Å². The molecule has 0 aromatic heterocycles. The zero-order chi connectivity index (χ0) is 17.3. The second-order valence-corrected chi connectivity index (χ2v) is 9.03. The molecule has 0 aliphatic heterocycles. The number of allylic oxidation sites excluding steroid dienone is 2. The van der Waals surface area contributed by atoms with Crippen LogP contribution in [0.2, 0.25) is 0 Å². The first-order chi connectivity index (χ1) is 10.7. The summed E-state index contributed by atoms with van der Waals surface area (Å²) in [7, 11) is 1.48. The summed E-state index contributed by atoms with van der Waals surface area (Å²) in [5.74, 6) is 1.15. The molecule has 23 heavy (non-hydrogen) atoms. The maximum atomic E-state index is 11.5. The van der Waals surface area contributed by atoms with Gasteiger partial charge in [-0.3, -0.25) is 4.79 Å². The van der Waals surface area contributed by atoms with Gasteiger partial charge in [-0.05, 0) is 68.1 Å². The van der Waals surface area contributed by atoms with E-state index in [0.29, 0.717) is 23.2 Å². The standard InChI is InChI=1S/C21H36O2/c1-15(14-19(22)23-6)8-10-17-16(2)9-11-18-20(3,4)12-7-13-21(17,18)5/h15,18H,7-14H2,1-6H3/t15-,18+,21-/m1/s1. The second-order valence-electron chi connectivity index (χ2n) is 9.03. The Balaban J connectivity index is 2.11. The minimum Gasteiger partial charge on any atom is -0.469 e. The van der Waals surface area contributed by atoms with E-state index in [1.54, 1.807) is 11.1 Å². The van der Waals surface area contributed by atoms with Crippen LogP contribution in [0.1, 0.15) is 86.0 Å². The van der Waals surface area contributed by atoms with E-state index in [-0.39, 0.29) is 5.97 Å². The third-order valence-corrected chi connectivity index (χ3v) is 6.87. The Morgan fingerprint density at radius 3 is 2.65 bits per heavy atom. The van der Waals surface area contributed by atoms with Crippen LogP contribution in [0.15, 0.2) is 11.1 Å². The number of fused-ring (bicyclic) bond motifs is 1. The van der Waals surface area contributed by atoms with Crippen molar-refractivity contribution >= 4 is 5.97 Å². The van der Waals surface area contributed by atoms with Crippen LogP contribution in [0.3, 0.4) is 0 Å². The molecule has 0 saturated heterocycles. The first-order valence-corrected chi connectivity index (χ1v) is 9.46. The number of esters is 1. The van der Waals surface area contributed by atoms with Gasteiger partial charge in [0.1, 0.15) is 0 Å². The Morgan fingerprint density at radius 1 is 1.30 bits per heavy atom. The van der Waals surface area contributed by atoms with Crippen molar-refractivity contribution < 1.29 is 9.53 Å². The van der Waals surface area contributed by atoms with Crippen molar-refractivity contribution in [2.75, 3.05) is 7.11 Å². The number of hydrogen-bond acceptors (Lipinski definition) is 2. The maximum Gasteiger partial charge on any atom is 0.305 e. The summed E-state index contributed by atoms with van der Waals surface area (Å²) in [6.45, 7) is 12.0. The molecule has 0 radical (unpaired) electrons. The van der Waals surface area contributed by atoms with E-state index < -0.39 is 0 Å². The van der Waals surface area contributed by atoms with Crippen LogP contribution in [-0.4, -0.2) is 13.1 Å². The van der Waals surface area contributed by atoms with Crippen molar-refractivity contribution in [3.63, 3.8) is 0 Å². The van der Waals surface area contributed by atoms with E-state index in [4.69, 9.17) is 4.74 Å². The molecule has 2 nitrogen and oxygen atoms in total. The zero-order valence-electron chi connectivity index (χ0n) is 16.1. The smallest absolute Gasteiger partial charge is 0.305 e. The van der Waals surface area contributed by atoms with E-state index >= 15 is 0 Å². The number of ether oxygens (including phenoxy) is 1. The molecule has 2 aliphatic carbocycles. The van der Waals surface area contributed by atoms with Gasteiger partial charge in [-0.15, -0.1) is 0 Å². The van der Waals surface area contributed by atoms with Crippen molar-refractivity contribution in [3.8, 4) is 0 Å². The molecule has 0 bridgehead atoms. The number of rotatable bonds is 5. The Hall–Kier alpha value is -0.790. The average Bonchev–Trinajstić information content (AvgIpc) is 2.45. The summed E-state index contributed by atoms with van der Waals surface area (Å²) in [5.41, 5.74) is 4.20. The molecule has 132 valence electrons. The molecule has 0 unspecified atom stereocenters. The summed E-state index contributed by atoms with van der Waals surface area (Å²) in [6.07, 6.45) is 9.51. The summed E-state index contributed by atoms with van der Waals surface area (Å²) in [4.78, 5) is 11.5. The minimum atomic E-state index is -0.0743. The maximum absolute atomic E-state index is 11.5. The summed E-state index contributed by atoms with van der Waals surface area (Å²) in [6, 6.07) is 0. The highest BCUT2D eigenvalue weighted by atomic mass is 16.5. The Bertz CT molecular complexity index is 474. The SMILES string of the molecule is COC(=O)C[C@H](C)CCC1=C(C)CC[C@H]2C(C)(C)CCC[C@]12C. The van der Waals surface area contributed by atoms with Crippen molar-refractivity contribution in [1.82, 2.24) is 0 Å². The highest BCUT2D eigenvalue weighted by molar-refractivity contribution is 5.69. The van der Waals surface area contributed by atoms with E-state index in [0.717, 1.165) is 18.8 Å². The van der Waals surface area contributed by atoms with E-state index in [9.17, 15) is 4.79 Å². The third-order valence-electron chi connectivity index (χ3n) is 6.87. The number of hydrogen-bond donors (Lipinski definition) is 0. The lowest BCUT2D eigenvalue weighted by Gasteiger charge is -2.55. The molecule has 0 heterocycles. The Labute approximate surface area is 143 Å². The fourth-order valence-electron chi connectivity index (χ4n) is 5.55. The van der Waals surface area contributed by atoms with Crippen LogP contribution >= 0.6 is 0 Å². The lowest BCUT2D eigenvalue weighted by Crippen LogP contribution is -2.45. The van der Waals surface area contributed by atoms with Crippen LogP contribution in [-0.2, 0) is 9.53 Å². The topological polar surface area (TPSA) is 26.3 Å². The number of carbonyl (C=O) groups is 1.